The average Bonchev–Trinajstić information content (AvgIpc) is 3.24. The molecular formula is C22H28ClN7O7S. The molecule has 0 saturated carbocycles. The molecule has 38 heavy (non-hydrogen) atoms. The Labute approximate surface area is 227 Å². The average molecular weight is 570 g/mol. The molecule has 206 valence electrons. The van der Waals surface area contributed by atoms with Crippen molar-refractivity contribution in [1.82, 2.24) is 15.6 Å². The first kappa shape index (κ1) is 31.8. The van der Waals surface area contributed by atoms with Gasteiger partial charge < -0.3 is 37.6 Å². The smallest absolute Gasteiger partial charge is 0.326 e. The van der Waals surface area contributed by atoms with Crippen LogP contribution in [-0.2, 0) is 36.8 Å². The van der Waals surface area contributed by atoms with Gasteiger partial charge in [-0.05, 0) is 5.56 Å². The predicted molar refractivity (Wildman–Crippen MR) is 141 cm³/mol. The number of halogens is 1. The van der Waals surface area contributed by atoms with Crippen molar-refractivity contribution in [3.8, 4) is 0 Å². The number of aliphatic carboxylic acids is 2. The number of aliphatic imine (C=N–C) groups is 1. The van der Waals surface area contributed by atoms with E-state index in [2.05, 4.69) is 25.9 Å². The maximum atomic E-state index is 12.7. The van der Waals surface area contributed by atoms with Crippen LogP contribution in [0, 0.1) is 0 Å². The van der Waals surface area contributed by atoms with Crippen molar-refractivity contribution < 1.29 is 34.2 Å². The Morgan fingerprint density at radius 3 is 2.29 bits per heavy atom. The summed E-state index contributed by atoms with van der Waals surface area (Å²) in [5.74, 6) is -4.88. The van der Waals surface area contributed by atoms with E-state index in [4.69, 9.17) is 11.5 Å². The van der Waals surface area contributed by atoms with Crippen LogP contribution < -0.4 is 27.4 Å². The third kappa shape index (κ3) is 11.7. The molecular weight excluding hydrogens is 542 g/mol. The van der Waals surface area contributed by atoms with E-state index < -0.39 is 48.2 Å². The zero-order chi connectivity index (χ0) is 27.4. The Morgan fingerprint density at radius 2 is 1.68 bits per heavy atom. The third-order valence-corrected chi connectivity index (χ3v) is 5.51. The number of benzene rings is 1. The van der Waals surface area contributed by atoms with Gasteiger partial charge in [0.1, 0.15) is 12.1 Å². The molecule has 2 atom stereocenters. The quantitative estimate of drug-likeness (QED) is 0.113. The van der Waals surface area contributed by atoms with E-state index in [-0.39, 0.29) is 55.0 Å². The topological polar surface area (TPSA) is 239 Å². The van der Waals surface area contributed by atoms with Gasteiger partial charge >= 0.3 is 11.9 Å². The van der Waals surface area contributed by atoms with Gasteiger partial charge in [-0.1, -0.05) is 30.3 Å². The zero-order valence-electron chi connectivity index (χ0n) is 20.0. The van der Waals surface area contributed by atoms with Gasteiger partial charge in [0.25, 0.3) is 0 Å². The summed E-state index contributed by atoms with van der Waals surface area (Å²) in [5, 5.41) is 27.5. The molecule has 9 N–H and O–H groups in total. The maximum Gasteiger partial charge on any atom is 0.326 e. The maximum absolute atomic E-state index is 12.7. The van der Waals surface area contributed by atoms with Crippen molar-refractivity contribution in [3.63, 3.8) is 0 Å². The molecule has 1 aromatic heterocycles. The summed E-state index contributed by atoms with van der Waals surface area (Å²) in [6.45, 7) is 0.0932. The highest BCUT2D eigenvalue weighted by Gasteiger charge is 2.28. The first-order chi connectivity index (χ1) is 17.5. The summed E-state index contributed by atoms with van der Waals surface area (Å²) in [5.41, 5.74) is 11.3. The third-order valence-electron chi connectivity index (χ3n) is 4.70. The van der Waals surface area contributed by atoms with Crippen molar-refractivity contribution in [2.24, 2.45) is 16.5 Å². The second kappa shape index (κ2) is 15.8. The number of carboxylic acid groups (broad SMARTS) is 2. The van der Waals surface area contributed by atoms with Gasteiger partial charge in [-0.25, -0.2) is 9.78 Å². The number of nitrogens with one attached hydrogen (secondary N) is 3. The van der Waals surface area contributed by atoms with Crippen molar-refractivity contribution in [2.75, 3.05) is 11.9 Å². The Hall–Kier alpha value is -4.24. The number of hydrogen-bond donors (Lipinski definition) is 7. The van der Waals surface area contributed by atoms with Gasteiger partial charge in [-0.3, -0.25) is 24.2 Å². The molecule has 2 aromatic rings. The fourth-order valence-corrected chi connectivity index (χ4v) is 3.76. The van der Waals surface area contributed by atoms with Crippen molar-refractivity contribution in [1.29, 1.82) is 0 Å². The van der Waals surface area contributed by atoms with E-state index in [1.165, 1.54) is 5.38 Å². The summed E-state index contributed by atoms with van der Waals surface area (Å²) >= 11 is 1.06. The number of hydrogen-bond acceptors (Lipinski definition) is 8. The minimum Gasteiger partial charge on any atom is -0.481 e. The lowest BCUT2D eigenvalue weighted by molar-refractivity contribution is -0.143. The van der Waals surface area contributed by atoms with Crippen LogP contribution in [-0.4, -0.2) is 69.4 Å². The van der Waals surface area contributed by atoms with Crippen molar-refractivity contribution >= 4 is 64.5 Å². The van der Waals surface area contributed by atoms with Gasteiger partial charge in [0.15, 0.2) is 11.1 Å². The van der Waals surface area contributed by atoms with E-state index in [0.717, 1.165) is 11.3 Å². The lowest BCUT2D eigenvalue weighted by atomic mass is 10.1. The molecule has 14 nitrogen and oxygen atoms in total. The molecule has 3 amide bonds. The molecule has 0 aliphatic carbocycles. The minimum absolute atomic E-state index is 0. The second-order valence-corrected chi connectivity index (χ2v) is 8.59. The molecule has 0 aliphatic rings. The fraction of sp³-hybridized carbons (Fsp3) is 0.318. The summed E-state index contributed by atoms with van der Waals surface area (Å²) in [7, 11) is 0. The van der Waals surface area contributed by atoms with Gasteiger partial charge in [-0.2, -0.15) is 0 Å². The molecule has 0 spiro atoms. The fourth-order valence-electron chi connectivity index (χ4n) is 3.03. The van der Waals surface area contributed by atoms with E-state index in [9.17, 15) is 34.2 Å². The molecule has 0 fully saturated rings. The summed E-state index contributed by atoms with van der Waals surface area (Å²) in [4.78, 5) is 67.8. The van der Waals surface area contributed by atoms with E-state index in [1.807, 2.05) is 0 Å². The number of guanidine groups is 1. The number of carbonyl (C=O) groups is 5. The monoisotopic (exact) mass is 569 g/mol. The van der Waals surface area contributed by atoms with E-state index in [1.54, 1.807) is 30.3 Å². The van der Waals surface area contributed by atoms with Crippen LogP contribution in [0.25, 0.3) is 0 Å². The zero-order valence-corrected chi connectivity index (χ0v) is 21.6. The molecule has 1 heterocycles. The molecule has 0 bridgehead atoms. The number of nitrogens with two attached hydrogens (primary N) is 2. The Balaban J connectivity index is 0.00000722. The summed E-state index contributed by atoms with van der Waals surface area (Å²) in [6.07, 6.45) is -1.09. The molecule has 1 aromatic carbocycles. The minimum atomic E-state index is -1.52. The number of rotatable bonds is 14. The molecule has 2 rings (SSSR count). The van der Waals surface area contributed by atoms with Crippen LogP contribution in [0.2, 0.25) is 0 Å². The lowest BCUT2D eigenvalue weighted by Gasteiger charge is -2.20. The van der Waals surface area contributed by atoms with Crippen molar-refractivity contribution in [2.45, 2.75) is 37.8 Å². The molecule has 0 unspecified atom stereocenters. The SMILES string of the molecule is Cl.NC(N)=NCCC(=O)Nc1nc(CC(=O)N[C@@H](CC(=O)O)C(=O)N[C@@H](Cc2ccccc2)C(=O)O)cs1. The highest BCUT2D eigenvalue weighted by atomic mass is 35.5. The normalized spacial score (nSPS) is 11.7. The standard InChI is InChI=1S/C22H27N7O7S.ClH/c23-21(24)25-7-6-16(30)29-22-26-13(11-37-22)9-17(31)27-14(10-18(32)33)19(34)28-15(20(35)36)8-12-4-2-1-3-5-12;/h1-5,11,14-15H,6-10H2,(H,27,31)(H,28,34)(H,32,33)(H,35,36)(H4,23,24,25)(H,26,29,30);1H/t14-,15-;/m0./s1. The molecule has 0 saturated heterocycles. The largest absolute Gasteiger partial charge is 0.481 e. The highest BCUT2D eigenvalue weighted by Crippen LogP contribution is 2.16. The van der Waals surface area contributed by atoms with Crippen LogP contribution in [0.15, 0.2) is 40.7 Å². The van der Waals surface area contributed by atoms with Crippen LogP contribution in [0.5, 0.6) is 0 Å². The number of carboxylic acids is 2. The molecule has 0 aliphatic heterocycles. The van der Waals surface area contributed by atoms with Crippen LogP contribution in [0.1, 0.15) is 24.1 Å². The van der Waals surface area contributed by atoms with Crippen LogP contribution in [0.3, 0.4) is 0 Å². The number of thiazole rings is 1. The number of nitrogens with zero attached hydrogens (tertiary/aromatic N) is 2. The predicted octanol–water partition coefficient (Wildman–Crippen LogP) is -0.519. The number of carbonyl (C=O) groups excluding carboxylic acids is 3. The van der Waals surface area contributed by atoms with Gasteiger partial charge in [0.05, 0.1) is 25.1 Å². The van der Waals surface area contributed by atoms with Crippen molar-refractivity contribution in [3.05, 3.63) is 47.0 Å². The number of aromatic nitrogens is 1. The van der Waals surface area contributed by atoms with Crippen LogP contribution in [0.4, 0.5) is 5.13 Å². The summed E-state index contributed by atoms with van der Waals surface area (Å²) < 4.78 is 0. The van der Waals surface area contributed by atoms with Gasteiger partial charge in [-0.15, -0.1) is 23.7 Å². The van der Waals surface area contributed by atoms with Gasteiger partial charge in [0, 0.05) is 18.2 Å². The van der Waals surface area contributed by atoms with E-state index in [0.29, 0.717) is 5.56 Å². The Kier molecular flexibility index (Phi) is 13.2. The van der Waals surface area contributed by atoms with E-state index >= 15 is 0 Å². The molecule has 0 radical (unpaired) electrons. The lowest BCUT2D eigenvalue weighted by Crippen LogP contribution is -2.53. The summed E-state index contributed by atoms with van der Waals surface area (Å²) in [6, 6.07) is 5.71. The number of amides is 3. The van der Waals surface area contributed by atoms with Crippen LogP contribution >= 0.6 is 23.7 Å². The van der Waals surface area contributed by atoms with Gasteiger partial charge in [0.2, 0.25) is 17.7 Å². The second-order valence-electron chi connectivity index (χ2n) is 7.73. The first-order valence-corrected chi connectivity index (χ1v) is 11.8. The molecule has 16 heteroatoms. The number of anilines is 1. The Bertz CT molecular complexity index is 1160. The first-order valence-electron chi connectivity index (χ1n) is 10.9. The highest BCUT2D eigenvalue weighted by molar-refractivity contribution is 7.13. The Morgan fingerprint density at radius 1 is 1.00 bits per heavy atom.